The molecule has 2 heteroatoms. The Hall–Kier alpha value is -1.15. The molecule has 1 atom stereocenters. The van der Waals surface area contributed by atoms with Gasteiger partial charge in [0.1, 0.15) is 5.78 Å². The summed E-state index contributed by atoms with van der Waals surface area (Å²) in [6.45, 7) is 8.07. The third-order valence-electron chi connectivity index (χ3n) is 3.22. The van der Waals surface area contributed by atoms with Crippen molar-refractivity contribution in [3.8, 4) is 0 Å². The van der Waals surface area contributed by atoms with E-state index < -0.39 is 0 Å². The van der Waals surface area contributed by atoms with Crippen molar-refractivity contribution in [2.75, 3.05) is 7.05 Å². The van der Waals surface area contributed by atoms with Gasteiger partial charge in [0.15, 0.2) is 0 Å². The maximum atomic E-state index is 11.1. The van der Waals surface area contributed by atoms with Crippen LogP contribution in [0, 0.1) is 20.8 Å². The first-order valence-corrected chi connectivity index (χ1v) is 6.20. The highest BCUT2D eigenvalue weighted by Gasteiger charge is 2.15. The van der Waals surface area contributed by atoms with Gasteiger partial charge >= 0.3 is 0 Å². The van der Waals surface area contributed by atoms with Crippen LogP contribution in [0.2, 0.25) is 0 Å². The highest BCUT2D eigenvalue weighted by atomic mass is 16.1. The maximum Gasteiger partial charge on any atom is 0.129 e. The molecular weight excluding hydrogens is 210 g/mol. The minimum atomic E-state index is 0.257. The number of hydrogen-bond donors (Lipinski definition) is 1. The van der Waals surface area contributed by atoms with Crippen LogP contribution in [0.4, 0.5) is 0 Å². The highest BCUT2D eigenvalue weighted by molar-refractivity contribution is 5.75. The van der Waals surface area contributed by atoms with Crippen molar-refractivity contribution in [3.63, 3.8) is 0 Å². The van der Waals surface area contributed by atoms with E-state index in [2.05, 4.69) is 38.2 Å². The second kappa shape index (κ2) is 5.97. The Labute approximate surface area is 104 Å². The van der Waals surface area contributed by atoms with Crippen LogP contribution >= 0.6 is 0 Å². The van der Waals surface area contributed by atoms with Crippen LogP contribution in [-0.2, 0) is 4.79 Å². The monoisotopic (exact) mass is 233 g/mol. The van der Waals surface area contributed by atoms with Crippen LogP contribution in [0.25, 0.3) is 0 Å². The Morgan fingerprint density at radius 2 is 1.76 bits per heavy atom. The zero-order valence-corrected chi connectivity index (χ0v) is 11.6. The molecule has 1 N–H and O–H groups in total. The summed E-state index contributed by atoms with van der Waals surface area (Å²) in [6.07, 6.45) is 1.51. The van der Waals surface area contributed by atoms with Crippen molar-refractivity contribution in [2.24, 2.45) is 0 Å². The summed E-state index contributed by atoms with van der Waals surface area (Å²) in [5, 5.41) is 3.32. The van der Waals surface area contributed by atoms with E-state index in [-0.39, 0.29) is 11.8 Å². The molecule has 0 bridgehead atoms. The van der Waals surface area contributed by atoms with Crippen LogP contribution in [0.3, 0.4) is 0 Å². The fourth-order valence-corrected chi connectivity index (χ4v) is 2.52. The molecule has 2 nitrogen and oxygen atoms in total. The molecular formula is C15H23NO. The van der Waals surface area contributed by atoms with Gasteiger partial charge in [0, 0.05) is 12.5 Å². The van der Waals surface area contributed by atoms with Crippen molar-refractivity contribution < 1.29 is 4.79 Å². The Morgan fingerprint density at radius 3 is 2.18 bits per heavy atom. The Bertz CT molecular complexity index is 386. The molecule has 1 rings (SSSR count). The Kier molecular flexibility index (Phi) is 4.88. The molecule has 0 spiro atoms. The molecule has 17 heavy (non-hydrogen) atoms. The quantitative estimate of drug-likeness (QED) is 0.846. The number of nitrogens with one attached hydrogen (secondary N) is 1. The molecule has 0 heterocycles. The van der Waals surface area contributed by atoms with Crippen LogP contribution < -0.4 is 5.32 Å². The van der Waals surface area contributed by atoms with E-state index in [1.165, 1.54) is 22.3 Å². The van der Waals surface area contributed by atoms with Crippen molar-refractivity contribution in [1.82, 2.24) is 5.32 Å². The molecule has 0 radical (unpaired) electrons. The lowest BCUT2D eigenvalue weighted by Crippen LogP contribution is -2.19. The molecule has 0 aliphatic heterocycles. The lowest BCUT2D eigenvalue weighted by Gasteiger charge is -2.21. The number of hydrogen-bond acceptors (Lipinski definition) is 2. The summed E-state index contributed by atoms with van der Waals surface area (Å²) < 4.78 is 0. The zero-order chi connectivity index (χ0) is 13.0. The van der Waals surface area contributed by atoms with Crippen LogP contribution in [0.1, 0.15) is 48.1 Å². The van der Waals surface area contributed by atoms with Gasteiger partial charge in [-0.25, -0.2) is 0 Å². The largest absolute Gasteiger partial charge is 0.313 e. The molecule has 0 saturated carbocycles. The van der Waals surface area contributed by atoms with Crippen molar-refractivity contribution >= 4 is 5.78 Å². The van der Waals surface area contributed by atoms with Gasteiger partial charge in [0.2, 0.25) is 0 Å². The molecule has 0 saturated heterocycles. The normalized spacial score (nSPS) is 12.5. The predicted molar refractivity (Wildman–Crippen MR) is 72.4 cm³/mol. The third-order valence-corrected chi connectivity index (χ3v) is 3.22. The van der Waals surface area contributed by atoms with Crippen molar-refractivity contribution in [1.29, 1.82) is 0 Å². The van der Waals surface area contributed by atoms with E-state index in [9.17, 15) is 4.79 Å². The number of rotatable bonds is 5. The molecule has 0 aliphatic rings. The first-order chi connectivity index (χ1) is 7.95. The third kappa shape index (κ3) is 3.67. The fraction of sp³-hybridized carbons (Fsp3) is 0.533. The molecule has 1 aromatic rings. The van der Waals surface area contributed by atoms with Gasteiger partial charge in [-0.1, -0.05) is 17.7 Å². The standard InChI is InChI=1S/C15H23NO/c1-10-8-11(2)15(12(3)9-10)14(16-5)7-6-13(4)17/h8-9,14,16H,6-7H2,1-5H3. The van der Waals surface area contributed by atoms with E-state index in [4.69, 9.17) is 0 Å². The van der Waals surface area contributed by atoms with Crippen LogP contribution in [0.5, 0.6) is 0 Å². The van der Waals surface area contributed by atoms with Crippen molar-refractivity contribution in [2.45, 2.75) is 46.6 Å². The lowest BCUT2D eigenvalue weighted by molar-refractivity contribution is -0.117. The second-order valence-electron chi connectivity index (χ2n) is 4.89. The van der Waals surface area contributed by atoms with E-state index in [1.54, 1.807) is 6.92 Å². The topological polar surface area (TPSA) is 29.1 Å². The summed E-state index contributed by atoms with van der Waals surface area (Å²) in [5.41, 5.74) is 5.26. The second-order valence-corrected chi connectivity index (χ2v) is 4.89. The van der Waals surface area contributed by atoms with Gasteiger partial charge in [0.25, 0.3) is 0 Å². The van der Waals surface area contributed by atoms with E-state index >= 15 is 0 Å². The zero-order valence-electron chi connectivity index (χ0n) is 11.6. The first-order valence-electron chi connectivity index (χ1n) is 6.20. The molecule has 0 aromatic heterocycles. The molecule has 0 aliphatic carbocycles. The predicted octanol–water partition coefficient (Wildman–Crippen LogP) is 3.24. The summed E-state index contributed by atoms with van der Waals surface area (Å²) in [4.78, 5) is 11.1. The van der Waals surface area contributed by atoms with Gasteiger partial charge in [-0.05, 0) is 57.9 Å². The molecule has 94 valence electrons. The maximum absolute atomic E-state index is 11.1. The SMILES string of the molecule is CNC(CCC(C)=O)c1c(C)cc(C)cc1C. The summed E-state index contributed by atoms with van der Waals surface area (Å²) >= 11 is 0. The number of benzene rings is 1. The number of carbonyl (C=O) groups is 1. The van der Waals surface area contributed by atoms with Gasteiger partial charge in [-0.2, -0.15) is 0 Å². The van der Waals surface area contributed by atoms with Gasteiger partial charge in [-0.3, -0.25) is 0 Å². The van der Waals surface area contributed by atoms with Crippen LogP contribution in [0.15, 0.2) is 12.1 Å². The molecule has 0 fully saturated rings. The molecule has 1 unspecified atom stereocenters. The summed E-state index contributed by atoms with van der Waals surface area (Å²) in [7, 11) is 1.96. The Morgan fingerprint density at radius 1 is 1.24 bits per heavy atom. The molecule has 0 amide bonds. The first kappa shape index (κ1) is 13.9. The minimum absolute atomic E-state index is 0.257. The lowest BCUT2D eigenvalue weighted by atomic mass is 9.91. The van der Waals surface area contributed by atoms with E-state index in [0.29, 0.717) is 6.42 Å². The van der Waals surface area contributed by atoms with E-state index in [0.717, 1.165) is 6.42 Å². The molecule has 1 aromatic carbocycles. The smallest absolute Gasteiger partial charge is 0.129 e. The highest BCUT2D eigenvalue weighted by Crippen LogP contribution is 2.26. The summed E-state index contributed by atoms with van der Waals surface area (Å²) in [6, 6.07) is 4.69. The van der Waals surface area contributed by atoms with E-state index in [1.807, 2.05) is 7.05 Å². The Balaban J connectivity index is 2.99. The fourth-order valence-electron chi connectivity index (χ4n) is 2.52. The average molecular weight is 233 g/mol. The van der Waals surface area contributed by atoms with Gasteiger partial charge in [-0.15, -0.1) is 0 Å². The summed E-state index contributed by atoms with van der Waals surface area (Å²) in [5.74, 6) is 0.257. The van der Waals surface area contributed by atoms with Crippen LogP contribution in [-0.4, -0.2) is 12.8 Å². The number of aryl methyl sites for hydroxylation is 3. The average Bonchev–Trinajstić information content (AvgIpc) is 2.21. The van der Waals surface area contributed by atoms with Crippen molar-refractivity contribution in [3.05, 3.63) is 34.4 Å². The number of ketones is 1. The number of Topliss-reactive ketones (excluding diaryl/α,β-unsaturated/α-hetero) is 1. The minimum Gasteiger partial charge on any atom is -0.313 e. The number of carbonyl (C=O) groups excluding carboxylic acids is 1. The van der Waals surface area contributed by atoms with Gasteiger partial charge < -0.3 is 10.1 Å². The van der Waals surface area contributed by atoms with Gasteiger partial charge in [0.05, 0.1) is 0 Å².